The van der Waals surface area contributed by atoms with Gasteiger partial charge in [0.05, 0.1) is 24.1 Å². The van der Waals surface area contributed by atoms with Gasteiger partial charge in [-0.3, -0.25) is 4.79 Å². The fraction of sp³-hybridized carbons (Fsp3) is 0.414. The van der Waals surface area contributed by atoms with E-state index in [4.69, 9.17) is 11.6 Å². The molecule has 0 fully saturated rings. The molecule has 1 heterocycles. The Labute approximate surface area is 229 Å². The Balaban J connectivity index is 1.87. The molecule has 8 heteroatoms. The molecule has 2 aromatic carbocycles. The van der Waals surface area contributed by atoms with E-state index in [1.54, 1.807) is 17.0 Å². The van der Waals surface area contributed by atoms with Crippen LogP contribution >= 0.6 is 24.2 Å². The molecule has 2 atom stereocenters. The lowest BCUT2D eigenvalue weighted by Crippen LogP contribution is -2.33. The first-order valence-electron chi connectivity index (χ1n) is 12.7. The summed E-state index contributed by atoms with van der Waals surface area (Å²) in [6, 6.07) is 13.6. The van der Waals surface area contributed by atoms with E-state index < -0.39 is 5.97 Å². The van der Waals surface area contributed by atoms with Gasteiger partial charge in [0.15, 0.2) is 5.15 Å². The fourth-order valence-electron chi connectivity index (χ4n) is 4.48. The van der Waals surface area contributed by atoms with Gasteiger partial charge in [0.1, 0.15) is 0 Å². The Hall–Kier alpha value is -2.77. The van der Waals surface area contributed by atoms with Crippen molar-refractivity contribution in [3.63, 3.8) is 0 Å². The molecule has 1 unspecified atom stereocenters. The lowest BCUT2D eigenvalue weighted by molar-refractivity contribution is -0.124. The lowest BCUT2D eigenvalue weighted by Gasteiger charge is -2.18. The predicted molar refractivity (Wildman–Crippen MR) is 153 cm³/mol. The highest BCUT2D eigenvalue weighted by molar-refractivity contribution is 7.80. The molecule has 0 aliphatic heterocycles. The number of carboxylic acid groups (broad SMARTS) is 1. The van der Waals surface area contributed by atoms with Crippen LogP contribution in [0.4, 0.5) is 0 Å². The normalized spacial score (nSPS) is 12.9. The number of imidazole rings is 1. The van der Waals surface area contributed by atoms with Crippen molar-refractivity contribution in [3.05, 3.63) is 76.3 Å². The summed E-state index contributed by atoms with van der Waals surface area (Å²) < 4.78 is 1.79. The highest BCUT2D eigenvalue weighted by atomic mass is 35.5. The minimum Gasteiger partial charge on any atom is -0.478 e. The maximum absolute atomic E-state index is 12.7. The number of amides is 1. The second kappa shape index (κ2) is 13.2. The van der Waals surface area contributed by atoms with Gasteiger partial charge in [-0.05, 0) is 46.9 Å². The van der Waals surface area contributed by atoms with Gasteiger partial charge in [-0.25, -0.2) is 9.78 Å². The zero-order valence-corrected chi connectivity index (χ0v) is 23.5. The van der Waals surface area contributed by atoms with E-state index in [2.05, 4.69) is 62.8 Å². The Morgan fingerprint density at radius 3 is 2.43 bits per heavy atom. The van der Waals surface area contributed by atoms with Crippen LogP contribution in [-0.2, 0) is 17.9 Å². The highest BCUT2D eigenvalue weighted by Crippen LogP contribution is 2.30. The summed E-state index contributed by atoms with van der Waals surface area (Å²) in [5.74, 6) is 0.0112. The van der Waals surface area contributed by atoms with Crippen molar-refractivity contribution in [2.75, 3.05) is 5.75 Å². The quantitative estimate of drug-likeness (QED) is 0.223. The number of hydrogen-bond donors (Lipinski definition) is 3. The average molecular weight is 542 g/mol. The van der Waals surface area contributed by atoms with Crippen LogP contribution < -0.4 is 5.32 Å². The molecule has 0 spiro atoms. The first-order valence-corrected chi connectivity index (χ1v) is 13.7. The summed E-state index contributed by atoms with van der Waals surface area (Å²) in [7, 11) is 0. The minimum absolute atomic E-state index is 0.0819. The lowest BCUT2D eigenvalue weighted by atomic mass is 9.92. The molecule has 6 nitrogen and oxygen atoms in total. The number of carbonyl (C=O) groups is 2. The smallest absolute Gasteiger partial charge is 0.336 e. The Morgan fingerprint density at radius 2 is 1.84 bits per heavy atom. The molecule has 0 saturated carbocycles. The maximum atomic E-state index is 12.7. The molecule has 37 heavy (non-hydrogen) atoms. The van der Waals surface area contributed by atoms with Crippen LogP contribution in [0.1, 0.15) is 73.6 Å². The Morgan fingerprint density at radius 1 is 1.14 bits per heavy atom. The summed E-state index contributed by atoms with van der Waals surface area (Å²) >= 11 is 10.7. The number of aromatic nitrogens is 2. The summed E-state index contributed by atoms with van der Waals surface area (Å²) in [6.07, 6.45) is 3.36. The summed E-state index contributed by atoms with van der Waals surface area (Å²) in [5, 5.41) is 13.4. The van der Waals surface area contributed by atoms with E-state index in [1.165, 1.54) is 5.56 Å². The molecule has 2 N–H and O–H groups in total. The number of carboxylic acids is 1. The molecule has 0 radical (unpaired) electrons. The van der Waals surface area contributed by atoms with Crippen molar-refractivity contribution in [3.8, 4) is 11.1 Å². The molecule has 3 rings (SSSR count). The summed E-state index contributed by atoms with van der Waals surface area (Å²) in [6.45, 7) is 8.93. The van der Waals surface area contributed by atoms with Crippen molar-refractivity contribution < 1.29 is 14.7 Å². The zero-order chi connectivity index (χ0) is 27.1. The number of rotatable bonds is 12. The third-order valence-electron chi connectivity index (χ3n) is 6.78. The van der Waals surface area contributed by atoms with E-state index in [9.17, 15) is 14.7 Å². The Bertz CT molecular complexity index is 1220. The molecule has 1 aromatic heterocycles. The van der Waals surface area contributed by atoms with Crippen molar-refractivity contribution in [2.24, 2.45) is 11.8 Å². The van der Waals surface area contributed by atoms with Gasteiger partial charge >= 0.3 is 5.97 Å². The van der Waals surface area contributed by atoms with E-state index in [-0.39, 0.29) is 35.6 Å². The van der Waals surface area contributed by atoms with Crippen LogP contribution in [0.3, 0.4) is 0 Å². The van der Waals surface area contributed by atoms with E-state index in [0.717, 1.165) is 18.4 Å². The van der Waals surface area contributed by atoms with Crippen LogP contribution in [0, 0.1) is 11.8 Å². The van der Waals surface area contributed by atoms with Crippen molar-refractivity contribution in [2.45, 2.75) is 59.5 Å². The predicted octanol–water partition coefficient (Wildman–Crippen LogP) is 6.67. The minimum atomic E-state index is -0.997. The van der Waals surface area contributed by atoms with Gasteiger partial charge in [-0.2, -0.15) is 12.6 Å². The van der Waals surface area contributed by atoms with Crippen LogP contribution in [0.15, 0.2) is 48.8 Å². The number of thiol groups is 1. The van der Waals surface area contributed by atoms with E-state index in [1.807, 2.05) is 24.3 Å². The molecule has 0 saturated heterocycles. The van der Waals surface area contributed by atoms with Crippen LogP contribution in [0.25, 0.3) is 11.1 Å². The fourth-order valence-corrected chi connectivity index (χ4v) is 5.01. The SMILES string of the molecule is CCC(C)c1ccc(-c2cccc(Cn3cnc(Cl)c3CNC(=O)[C@@H](CS)CC(C)C)c2C(=O)O)cc1. The monoisotopic (exact) mass is 541 g/mol. The second-order valence-corrected chi connectivity index (χ2v) is 10.6. The van der Waals surface area contributed by atoms with Crippen LogP contribution in [-0.4, -0.2) is 32.3 Å². The number of aromatic carboxylic acids is 1. The second-order valence-electron chi connectivity index (χ2n) is 9.91. The summed E-state index contributed by atoms with van der Waals surface area (Å²) in [4.78, 5) is 29.3. The number of halogens is 1. The summed E-state index contributed by atoms with van der Waals surface area (Å²) in [5.41, 5.74) is 4.23. The molecular weight excluding hydrogens is 506 g/mol. The number of nitrogens with one attached hydrogen (secondary N) is 1. The number of nitrogens with zero attached hydrogens (tertiary/aromatic N) is 2. The molecule has 0 bridgehead atoms. The first-order chi connectivity index (χ1) is 17.7. The van der Waals surface area contributed by atoms with Gasteiger partial charge < -0.3 is 15.0 Å². The van der Waals surface area contributed by atoms with E-state index >= 15 is 0 Å². The van der Waals surface area contributed by atoms with Gasteiger partial charge in [0, 0.05) is 18.2 Å². The highest BCUT2D eigenvalue weighted by Gasteiger charge is 2.21. The molecule has 198 valence electrons. The Kier molecular flexibility index (Phi) is 10.2. The third kappa shape index (κ3) is 7.17. The van der Waals surface area contributed by atoms with E-state index in [0.29, 0.717) is 34.4 Å². The number of carbonyl (C=O) groups excluding carboxylic acids is 1. The van der Waals surface area contributed by atoms with Gasteiger partial charge in [-0.1, -0.05) is 81.8 Å². The molecule has 3 aromatic rings. The molecule has 0 aliphatic carbocycles. The first kappa shape index (κ1) is 28.8. The molecule has 1 amide bonds. The average Bonchev–Trinajstić information content (AvgIpc) is 3.23. The topological polar surface area (TPSA) is 84.2 Å². The molecular formula is C29H36ClN3O3S. The van der Waals surface area contributed by atoms with Gasteiger partial charge in [0.2, 0.25) is 5.91 Å². The van der Waals surface area contributed by atoms with Gasteiger partial charge in [0.25, 0.3) is 0 Å². The van der Waals surface area contributed by atoms with Gasteiger partial charge in [-0.15, -0.1) is 0 Å². The van der Waals surface area contributed by atoms with Crippen molar-refractivity contribution in [1.82, 2.24) is 14.9 Å². The van der Waals surface area contributed by atoms with Crippen molar-refractivity contribution >= 4 is 36.1 Å². The third-order valence-corrected chi connectivity index (χ3v) is 7.54. The maximum Gasteiger partial charge on any atom is 0.336 e. The van der Waals surface area contributed by atoms with Crippen molar-refractivity contribution in [1.29, 1.82) is 0 Å². The molecule has 0 aliphatic rings. The standard InChI is InChI=1S/C29H36ClN3O3S/c1-5-19(4)20-9-11-21(12-10-20)24-8-6-7-22(26(24)29(35)36)15-33-17-32-27(30)25(33)14-31-28(34)23(16-37)13-18(2)3/h6-12,17-19,23,37H,5,13-16H2,1-4H3,(H,31,34)(H,35,36)/t19?,23-/m1/s1. The largest absolute Gasteiger partial charge is 0.478 e. The zero-order valence-electron chi connectivity index (χ0n) is 21.9. The van der Waals surface area contributed by atoms with Crippen LogP contribution in [0.2, 0.25) is 5.15 Å². The van der Waals surface area contributed by atoms with Crippen LogP contribution in [0.5, 0.6) is 0 Å². The number of hydrogen-bond acceptors (Lipinski definition) is 4. The number of benzene rings is 2.